The summed E-state index contributed by atoms with van der Waals surface area (Å²) < 4.78 is 1.66. The lowest BCUT2D eigenvalue weighted by Crippen LogP contribution is -2.32. The largest absolute Gasteiger partial charge is 0.340 e. The van der Waals surface area contributed by atoms with Crippen LogP contribution in [-0.4, -0.2) is 43.6 Å². The van der Waals surface area contributed by atoms with E-state index in [9.17, 15) is 9.59 Å². The third kappa shape index (κ3) is 3.05. The topological polar surface area (TPSA) is 83.9 Å². The second kappa shape index (κ2) is 6.16. The molecule has 128 valence electrons. The Kier molecular flexibility index (Phi) is 3.83. The Morgan fingerprint density at radius 2 is 2.32 bits per heavy atom. The Hall–Kier alpha value is -2.96. The van der Waals surface area contributed by atoms with E-state index >= 15 is 0 Å². The predicted octanol–water partition coefficient (Wildman–Crippen LogP) is 1.44. The fourth-order valence-electron chi connectivity index (χ4n) is 3.36. The van der Waals surface area contributed by atoms with Gasteiger partial charge in [0.2, 0.25) is 5.91 Å². The fourth-order valence-corrected chi connectivity index (χ4v) is 3.36. The van der Waals surface area contributed by atoms with Crippen LogP contribution in [-0.2, 0) is 11.3 Å². The molecule has 4 rings (SSSR count). The number of pyridine rings is 2. The molecule has 1 atom stereocenters. The Balaban J connectivity index is 1.50. The Morgan fingerprint density at radius 1 is 1.44 bits per heavy atom. The molecule has 25 heavy (non-hydrogen) atoms. The first-order valence-electron chi connectivity index (χ1n) is 8.35. The molecule has 1 aliphatic heterocycles. The maximum atomic E-state index is 12.5. The zero-order chi connectivity index (χ0) is 17.4. The number of carbonyl (C=O) groups is 1. The molecule has 1 amide bonds. The maximum absolute atomic E-state index is 12.5. The summed E-state index contributed by atoms with van der Waals surface area (Å²) in [5, 5.41) is 4.75. The number of carbonyl (C=O) groups excluding carboxylic acids is 1. The molecule has 7 nitrogen and oxygen atoms in total. The number of hydrogen-bond acceptors (Lipinski definition) is 4. The van der Waals surface area contributed by atoms with Crippen LogP contribution in [0.3, 0.4) is 0 Å². The number of nitrogens with one attached hydrogen (secondary N) is 1. The summed E-state index contributed by atoms with van der Waals surface area (Å²) in [7, 11) is 0. The molecule has 1 aliphatic rings. The minimum absolute atomic E-state index is 0.0480. The Morgan fingerprint density at radius 3 is 3.12 bits per heavy atom. The van der Waals surface area contributed by atoms with Crippen molar-refractivity contribution in [2.45, 2.75) is 25.8 Å². The smallest absolute Gasteiger partial charge is 0.257 e. The van der Waals surface area contributed by atoms with Crippen LogP contribution in [0.15, 0.2) is 41.6 Å². The summed E-state index contributed by atoms with van der Waals surface area (Å²) in [6, 6.07) is 5.44. The first-order valence-corrected chi connectivity index (χ1v) is 8.35. The van der Waals surface area contributed by atoms with Gasteiger partial charge in [-0.05, 0) is 37.1 Å². The number of aryl methyl sites for hydroxylation is 1. The van der Waals surface area contributed by atoms with E-state index < -0.39 is 0 Å². The van der Waals surface area contributed by atoms with Crippen LogP contribution in [0.2, 0.25) is 0 Å². The Labute approximate surface area is 144 Å². The minimum Gasteiger partial charge on any atom is -0.340 e. The number of H-pyrrole nitrogens is 1. The summed E-state index contributed by atoms with van der Waals surface area (Å²) in [6.45, 7) is 3.49. The number of fused-ring (bicyclic) bond motifs is 1. The molecule has 0 bridgehead atoms. The van der Waals surface area contributed by atoms with Crippen LogP contribution in [0.4, 0.5) is 0 Å². The molecule has 1 N–H and O–H groups in total. The molecule has 0 unspecified atom stereocenters. The molecule has 1 saturated heterocycles. The molecule has 3 aromatic heterocycles. The molecule has 0 saturated carbocycles. The van der Waals surface area contributed by atoms with Crippen molar-refractivity contribution in [3.05, 3.63) is 58.4 Å². The number of rotatable bonds is 3. The summed E-state index contributed by atoms with van der Waals surface area (Å²) >= 11 is 0. The van der Waals surface area contributed by atoms with Crippen molar-refractivity contribution in [3.8, 4) is 0 Å². The van der Waals surface area contributed by atoms with E-state index in [1.165, 1.54) is 0 Å². The Bertz CT molecular complexity index is 990. The monoisotopic (exact) mass is 337 g/mol. The molecular formula is C18H19N5O2. The van der Waals surface area contributed by atoms with E-state index in [0.29, 0.717) is 24.0 Å². The summed E-state index contributed by atoms with van der Waals surface area (Å²) in [4.78, 5) is 33.8. The van der Waals surface area contributed by atoms with Crippen molar-refractivity contribution in [2.75, 3.05) is 13.1 Å². The van der Waals surface area contributed by atoms with Gasteiger partial charge in [-0.25, -0.2) is 0 Å². The molecule has 1 fully saturated rings. The van der Waals surface area contributed by atoms with Crippen LogP contribution in [0.5, 0.6) is 0 Å². The molecule has 0 spiro atoms. The highest BCUT2D eigenvalue weighted by atomic mass is 16.2. The van der Waals surface area contributed by atoms with Crippen LogP contribution >= 0.6 is 0 Å². The molecule has 0 radical (unpaired) electrons. The van der Waals surface area contributed by atoms with Crippen LogP contribution in [0.25, 0.3) is 10.9 Å². The van der Waals surface area contributed by atoms with Crippen LogP contribution in [0, 0.1) is 6.92 Å². The molecule has 3 aromatic rings. The van der Waals surface area contributed by atoms with Crippen molar-refractivity contribution in [1.29, 1.82) is 0 Å². The van der Waals surface area contributed by atoms with Gasteiger partial charge < -0.3 is 9.88 Å². The van der Waals surface area contributed by atoms with Gasteiger partial charge in [0.1, 0.15) is 6.54 Å². The van der Waals surface area contributed by atoms with Crippen LogP contribution < -0.4 is 5.56 Å². The third-order valence-corrected chi connectivity index (χ3v) is 4.67. The predicted molar refractivity (Wildman–Crippen MR) is 93.3 cm³/mol. The highest BCUT2D eigenvalue weighted by Crippen LogP contribution is 2.26. The van der Waals surface area contributed by atoms with Gasteiger partial charge in [0.25, 0.3) is 5.56 Å². The van der Waals surface area contributed by atoms with Gasteiger partial charge in [0, 0.05) is 37.1 Å². The average molecular weight is 337 g/mol. The van der Waals surface area contributed by atoms with Gasteiger partial charge in [-0.1, -0.05) is 0 Å². The lowest BCUT2D eigenvalue weighted by atomic mass is 10.0. The maximum Gasteiger partial charge on any atom is 0.257 e. The number of hydrogen-bond donors (Lipinski definition) is 1. The highest BCUT2D eigenvalue weighted by Gasteiger charge is 2.28. The summed E-state index contributed by atoms with van der Waals surface area (Å²) in [5.41, 5.74) is 2.45. The molecular weight excluding hydrogens is 318 g/mol. The van der Waals surface area contributed by atoms with Gasteiger partial charge in [-0.3, -0.25) is 19.3 Å². The number of aromatic amines is 1. The first kappa shape index (κ1) is 15.6. The second-order valence-electron chi connectivity index (χ2n) is 6.53. The van der Waals surface area contributed by atoms with Crippen LogP contribution in [0.1, 0.15) is 23.6 Å². The average Bonchev–Trinajstić information content (AvgIpc) is 3.24. The van der Waals surface area contributed by atoms with E-state index in [0.717, 1.165) is 17.7 Å². The van der Waals surface area contributed by atoms with Crippen molar-refractivity contribution >= 4 is 16.8 Å². The zero-order valence-electron chi connectivity index (χ0n) is 14.0. The molecule has 4 heterocycles. The van der Waals surface area contributed by atoms with Gasteiger partial charge in [-0.15, -0.1) is 0 Å². The molecule has 7 heteroatoms. The number of aromatic nitrogens is 4. The van der Waals surface area contributed by atoms with E-state index in [-0.39, 0.29) is 23.9 Å². The lowest BCUT2D eigenvalue weighted by Gasteiger charge is -2.16. The number of amides is 1. The van der Waals surface area contributed by atoms with E-state index in [1.54, 1.807) is 29.2 Å². The fraction of sp³-hybridized carbons (Fsp3) is 0.333. The summed E-state index contributed by atoms with van der Waals surface area (Å²) in [5.74, 6) is 0.175. The normalized spacial score (nSPS) is 17.3. The van der Waals surface area contributed by atoms with Gasteiger partial charge in [-0.2, -0.15) is 5.10 Å². The van der Waals surface area contributed by atoms with E-state index in [1.807, 2.05) is 24.1 Å². The minimum atomic E-state index is -0.127. The zero-order valence-corrected chi connectivity index (χ0v) is 14.0. The third-order valence-electron chi connectivity index (χ3n) is 4.67. The standard InChI is InChI=1S/C18H19N5O2/c1-12-8-20-23(9-12)11-17(24)22-6-4-13(10-22)15-7-16-14(18(25)21-15)3-2-5-19-16/h2-3,5,7-9,13H,4,6,10-11H2,1H3,(H,21,25)/t13-/m0/s1. The van der Waals surface area contributed by atoms with Crippen molar-refractivity contribution < 1.29 is 4.79 Å². The molecule has 0 aliphatic carbocycles. The summed E-state index contributed by atoms with van der Waals surface area (Å²) in [6.07, 6.45) is 6.12. The molecule has 0 aromatic carbocycles. The first-order chi connectivity index (χ1) is 12.1. The SMILES string of the molecule is Cc1cnn(CC(=O)N2CC[C@H](c3cc4ncccc4c(=O)[nH]3)C2)c1. The van der Waals surface area contributed by atoms with Gasteiger partial charge >= 0.3 is 0 Å². The number of likely N-dealkylation sites (tertiary alicyclic amines) is 1. The van der Waals surface area contributed by atoms with Gasteiger partial charge in [0.05, 0.1) is 17.1 Å². The van der Waals surface area contributed by atoms with E-state index in [4.69, 9.17) is 0 Å². The lowest BCUT2D eigenvalue weighted by molar-refractivity contribution is -0.131. The van der Waals surface area contributed by atoms with Crippen molar-refractivity contribution in [2.24, 2.45) is 0 Å². The van der Waals surface area contributed by atoms with Gasteiger partial charge in [0.15, 0.2) is 0 Å². The van der Waals surface area contributed by atoms with Crippen molar-refractivity contribution in [1.82, 2.24) is 24.6 Å². The highest BCUT2D eigenvalue weighted by molar-refractivity contribution is 5.78. The van der Waals surface area contributed by atoms with Crippen molar-refractivity contribution in [3.63, 3.8) is 0 Å². The number of nitrogens with zero attached hydrogens (tertiary/aromatic N) is 4. The second-order valence-corrected chi connectivity index (χ2v) is 6.53. The quantitative estimate of drug-likeness (QED) is 0.784. The van der Waals surface area contributed by atoms with E-state index in [2.05, 4.69) is 15.1 Å².